The van der Waals surface area contributed by atoms with Crippen LogP contribution in [0.4, 0.5) is 0 Å². The van der Waals surface area contributed by atoms with Gasteiger partial charge in [0.2, 0.25) is 0 Å². The lowest BCUT2D eigenvalue weighted by molar-refractivity contribution is 0.583. The molecule has 0 aromatic rings. The fourth-order valence-corrected chi connectivity index (χ4v) is 3.57. The van der Waals surface area contributed by atoms with E-state index in [2.05, 4.69) is 43.9 Å². The van der Waals surface area contributed by atoms with Crippen LogP contribution < -0.4 is 5.32 Å². The van der Waals surface area contributed by atoms with Crippen molar-refractivity contribution >= 4 is 11.8 Å². The maximum absolute atomic E-state index is 3.75. The molecule has 0 radical (unpaired) electrons. The molecule has 1 nitrogen and oxygen atoms in total. The van der Waals surface area contributed by atoms with Gasteiger partial charge in [-0.1, -0.05) is 38.8 Å². The van der Waals surface area contributed by atoms with Gasteiger partial charge >= 0.3 is 0 Å². The van der Waals surface area contributed by atoms with Crippen molar-refractivity contribution in [3.63, 3.8) is 0 Å². The van der Waals surface area contributed by atoms with Crippen molar-refractivity contribution in [2.45, 2.75) is 65.3 Å². The van der Waals surface area contributed by atoms with E-state index >= 15 is 0 Å². The Morgan fingerprint density at radius 3 is 2.78 bits per heavy atom. The molecule has 1 rings (SSSR count). The van der Waals surface area contributed by atoms with Gasteiger partial charge in [-0.15, -0.1) is 0 Å². The first-order chi connectivity index (χ1) is 8.74. The second kappa shape index (κ2) is 9.91. The van der Waals surface area contributed by atoms with Crippen molar-refractivity contribution in [1.29, 1.82) is 0 Å². The molecular formula is C16H31NS. The van der Waals surface area contributed by atoms with Crippen LogP contribution in [-0.2, 0) is 0 Å². The van der Waals surface area contributed by atoms with Crippen molar-refractivity contribution in [1.82, 2.24) is 5.32 Å². The normalized spacial score (nSPS) is 18.6. The zero-order chi connectivity index (χ0) is 13.2. The summed E-state index contributed by atoms with van der Waals surface area (Å²) in [5.41, 5.74) is 1.69. The molecule has 0 heterocycles. The molecule has 2 heteroatoms. The summed E-state index contributed by atoms with van der Waals surface area (Å²) in [4.78, 5) is 0. The Labute approximate surface area is 118 Å². The van der Waals surface area contributed by atoms with Gasteiger partial charge in [0.1, 0.15) is 0 Å². The number of nitrogens with one attached hydrogen (secondary N) is 1. The van der Waals surface area contributed by atoms with Gasteiger partial charge in [0, 0.05) is 11.8 Å². The van der Waals surface area contributed by atoms with Crippen molar-refractivity contribution in [2.75, 3.05) is 18.1 Å². The highest BCUT2D eigenvalue weighted by molar-refractivity contribution is 7.99. The summed E-state index contributed by atoms with van der Waals surface area (Å²) in [5.74, 6) is 3.35. The SMILES string of the molecule is CCCNC(CSCC(C)C)C1=CCCCCC1. The summed E-state index contributed by atoms with van der Waals surface area (Å²) >= 11 is 2.12. The highest BCUT2D eigenvalue weighted by Gasteiger charge is 2.15. The Morgan fingerprint density at radius 2 is 2.06 bits per heavy atom. The van der Waals surface area contributed by atoms with Crippen LogP contribution in [0, 0.1) is 5.92 Å². The second-order valence-electron chi connectivity index (χ2n) is 5.82. The number of hydrogen-bond acceptors (Lipinski definition) is 2. The third-order valence-corrected chi connectivity index (χ3v) is 4.87. The number of allylic oxidation sites excluding steroid dienone is 1. The molecule has 18 heavy (non-hydrogen) atoms. The molecule has 1 N–H and O–H groups in total. The highest BCUT2D eigenvalue weighted by Crippen LogP contribution is 2.22. The lowest BCUT2D eigenvalue weighted by atomic mass is 10.0. The van der Waals surface area contributed by atoms with Crippen LogP contribution >= 0.6 is 11.8 Å². The molecule has 1 atom stereocenters. The maximum atomic E-state index is 3.75. The van der Waals surface area contributed by atoms with E-state index in [4.69, 9.17) is 0 Å². The van der Waals surface area contributed by atoms with Crippen molar-refractivity contribution < 1.29 is 0 Å². The summed E-state index contributed by atoms with van der Waals surface area (Å²) in [6, 6.07) is 0.631. The van der Waals surface area contributed by atoms with E-state index < -0.39 is 0 Å². The van der Waals surface area contributed by atoms with Crippen LogP contribution in [0.3, 0.4) is 0 Å². The van der Waals surface area contributed by atoms with E-state index in [1.165, 1.54) is 50.0 Å². The molecule has 0 fully saturated rings. The minimum Gasteiger partial charge on any atom is -0.310 e. The van der Waals surface area contributed by atoms with Crippen molar-refractivity contribution in [3.05, 3.63) is 11.6 Å². The van der Waals surface area contributed by atoms with Gasteiger partial charge in [0.15, 0.2) is 0 Å². The Hall–Kier alpha value is 0.0500. The third kappa shape index (κ3) is 6.84. The number of rotatable bonds is 8. The van der Waals surface area contributed by atoms with Crippen LogP contribution in [0.25, 0.3) is 0 Å². The molecule has 0 bridgehead atoms. The van der Waals surface area contributed by atoms with Gasteiger partial charge in [-0.3, -0.25) is 0 Å². The predicted octanol–water partition coefficient (Wildman–Crippen LogP) is 4.63. The Morgan fingerprint density at radius 1 is 1.22 bits per heavy atom. The Balaban J connectivity index is 2.44. The fourth-order valence-electron chi connectivity index (χ4n) is 2.39. The number of thioether (sulfide) groups is 1. The van der Waals surface area contributed by atoms with Crippen LogP contribution in [0.2, 0.25) is 0 Å². The standard InChI is InChI=1S/C16H31NS/c1-4-11-17-16(13-18-12-14(2)3)15-9-7-5-6-8-10-15/h9,14,16-17H,4-8,10-13H2,1-3H3. The molecule has 0 aromatic heterocycles. The van der Waals surface area contributed by atoms with E-state index in [-0.39, 0.29) is 0 Å². The van der Waals surface area contributed by atoms with E-state index in [9.17, 15) is 0 Å². The largest absolute Gasteiger partial charge is 0.310 e. The average molecular weight is 269 g/mol. The molecule has 0 saturated carbocycles. The van der Waals surface area contributed by atoms with E-state index in [0.717, 1.165) is 12.5 Å². The van der Waals surface area contributed by atoms with Gasteiger partial charge in [-0.05, 0) is 50.3 Å². The topological polar surface area (TPSA) is 12.0 Å². The molecule has 0 aliphatic heterocycles. The van der Waals surface area contributed by atoms with Gasteiger partial charge in [0.05, 0.1) is 0 Å². The first kappa shape index (κ1) is 16.1. The van der Waals surface area contributed by atoms with Gasteiger partial charge < -0.3 is 5.32 Å². The minimum absolute atomic E-state index is 0.631. The predicted molar refractivity (Wildman–Crippen MR) is 85.4 cm³/mol. The summed E-state index contributed by atoms with van der Waals surface area (Å²) in [7, 11) is 0. The highest BCUT2D eigenvalue weighted by atomic mass is 32.2. The summed E-state index contributed by atoms with van der Waals surface area (Å²) in [6.07, 6.45) is 10.6. The maximum Gasteiger partial charge on any atom is 0.0370 e. The lowest BCUT2D eigenvalue weighted by Gasteiger charge is -2.22. The fraction of sp³-hybridized carbons (Fsp3) is 0.875. The number of hydrogen-bond donors (Lipinski definition) is 1. The summed E-state index contributed by atoms with van der Waals surface area (Å²) in [5, 5.41) is 3.75. The van der Waals surface area contributed by atoms with Crippen LogP contribution in [0.5, 0.6) is 0 Å². The lowest BCUT2D eigenvalue weighted by Crippen LogP contribution is -2.34. The van der Waals surface area contributed by atoms with Gasteiger partial charge in [0.25, 0.3) is 0 Å². The van der Waals surface area contributed by atoms with Crippen molar-refractivity contribution in [2.24, 2.45) is 5.92 Å². The Bertz CT molecular complexity index is 235. The summed E-state index contributed by atoms with van der Waals surface area (Å²) in [6.45, 7) is 8.04. The van der Waals surface area contributed by atoms with Gasteiger partial charge in [-0.25, -0.2) is 0 Å². The molecular weight excluding hydrogens is 238 g/mol. The molecule has 0 saturated heterocycles. The van der Waals surface area contributed by atoms with E-state index in [1.807, 2.05) is 0 Å². The molecule has 1 unspecified atom stereocenters. The third-order valence-electron chi connectivity index (χ3n) is 3.40. The van der Waals surface area contributed by atoms with E-state index in [1.54, 1.807) is 5.57 Å². The Kier molecular flexibility index (Phi) is 8.87. The van der Waals surface area contributed by atoms with Gasteiger partial charge in [-0.2, -0.15) is 11.8 Å². The quantitative estimate of drug-likeness (QED) is 0.645. The molecule has 0 aromatic carbocycles. The molecule has 0 spiro atoms. The van der Waals surface area contributed by atoms with Crippen LogP contribution in [0.15, 0.2) is 11.6 Å². The zero-order valence-electron chi connectivity index (χ0n) is 12.5. The van der Waals surface area contributed by atoms with Crippen LogP contribution in [0.1, 0.15) is 59.3 Å². The molecule has 1 aliphatic rings. The first-order valence-electron chi connectivity index (χ1n) is 7.74. The first-order valence-corrected chi connectivity index (χ1v) is 8.89. The zero-order valence-corrected chi connectivity index (χ0v) is 13.3. The minimum atomic E-state index is 0.631. The monoisotopic (exact) mass is 269 g/mol. The average Bonchev–Trinajstić information content (AvgIpc) is 2.62. The molecule has 0 amide bonds. The summed E-state index contributed by atoms with van der Waals surface area (Å²) < 4.78 is 0. The second-order valence-corrected chi connectivity index (χ2v) is 6.89. The van der Waals surface area contributed by atoms with Crippen molar-refractivity contribution in [3.8, 4) is 0 Å². The molecule has 106 valence electrons. The van der Waals surface area contributed by atoms with Crippen LogP contribution in [-0.4, -0.2) is 24.1 Å². The smallest absolute Gasteiger partial charge is 0.0370 e. The van der Waals surface area contributed by atoms with E-state index in [0.29, 0.717) is 6.04 Å². The molecule has 1 aliphatic carbocycles.